The number of aryl methyl sites for hydroxylation is 1. The second kappa shape index (κ2) is 23.8. The Hall–Kier alpha value is -5.21. The Morgan fingerprint density at radius 2 is 1.58 bits per heavy atom. The molecule has 0 spiro atoms. The zero-order valence-corrected chi connectivity index (χ0v) is 43.1. The van der Waals surface area contributed by atoms with E-state index >= 15 is 13.2 Å². The molecule has 3 aromatic carbocycles. The molecule has 5 N–H and O–H groups in total. The van der Waals surface area contributed by atoms with E-state index < -0.39 is 70.7 Å². The van der Waals surface area contributed by atoms with Gasteiger partial charge in [-0.25, -0.2) is 18.2 Å². The number of carbonyl (C=O) groups excluding carboxylic acids is 3. The number of benzene rings is 3. The number of fused-ring (bicyclic) bond motifs is 2. The van der Waals surface area contributed by atoms with E-state index in [-0.39, 0.29) is 89.7 Å². The van der Waals surface area contributed by atoms with Crippen molar-refractivity contribution in [2.75, 3.05) is 65.9 Å². The number of likely N-dealkylation sites (tertiary alicyclic amines) is 1. The van der Waals surface area contributed by atoms with E-state index in [4.69, 9.17) is 24.7 Å². The van der Waals surface area contributed by atoms with Crippen LogP contribution in [-0.2, 0) is 35.0 Å². The lowest BCUT2D eigenvalue weighted by Crippen LogP contribution is -2.58. The van der Waals surface area contributed by atoms with Crippen LogP contribution >= 0.6 is 11.3 Å². The number of alkyl halides is 1. The van der Waals surface area contributed by atoms with E-state index in [1.807, 2.05) is 67.3 Å². The molecule has 0 saturated carbocycles. The van der Waals surface area contributed by atoms with E-state index in [1.165, 1.54) is 30.9 Å². The van der Waals surface area contributed by atoms with Crippen LogP contribution in [0.4, 0.5) is 13.2 Å². The summed E-state index contributed by atoms with van der Waals surface area (Å²) in [6.45, 7) is 12.7. The minimum absolute atomic E-state index is 0.0117. The first kappa shape index (κ1) is 54.6. The van der Waals surface area contributed by atoms with Gasteiger partial charge in [-0.05, 0) is 79.4 Å². The zero-order valence-electron chi connectivity index (χ0n) is 42.3. The fraction of sp³-hybridized carbons (Fsp3) is 0.519. The topological polar surface area (TPSA) is 178 Å². The van der Waals surface area contributed by atoms with Crippen molar-refractivity contribution in [3.63, 3.8) is 0 Å². The number of thiazole rings is 1. The number of nitrogens with one attached hydrogen (secondary N) is 2. The fourth-order valence-electron chi connectivity index (χ4n) is 9.89. The van der Waals surface area contributed by atoms with Gasteiger partial charge in [-0.2, -0.15) is 0 Å². The Balaban J connectivity index is 0.818. The Morgan fingerprint density at radius 1 is 0.931 bits per heavy atom. The number of aliphatic hydroxyl groups excluding tert-OH is 1. The lowest BCUT2D eigenvalue weighted by atomic mass is 9.84. The third kappa shape index (κ3) is 13.3. The van der Waals surface area contributed by atoms with Crippen molar-refractivity contribution in [1.82, 2.24) is 25.4 Å². The molecule has 3 aliphatic rings. The maximum absolute atomic E-state index is 16.0. The summed E-state index contributed by atoms with van der Waals surface area (Å²) < 4.78 is 69.6. The Labute approximate surface area is 424 Å². The lowest BCUT2D eigenvalue weighted by Gasteiger charge is -2.44. The van der Waals surface area contributed by atoms with E-state index in [0.29, 0.717) is 12.8 Å². The normalized spacial score (nSPS) is 20.0. The highest BCUT2D eigenvalue weighted by atomic mass is 32.1. The maximum Gasteiger partial charge on any atom is 0.246 e. The van der Waals surface area contributed by atoms with Crippen LogP contribution in [0.1, 0.15) is 94.4 Å². The molecule has 2 aliphatic heterocycles. The van der Waals surface area contributed by atoms with Crippen LogP contribution in [0.5, 0.6) is 5.75 Å². The predicted octanol–water partition coefficient (Wildman–Crippen LogP) is 7.03. The number of aliphatic hydroxyl groups is 1. The van der Waals surface area contributed by atoms with E-state index in [1.54, 1.807) is 37.6 Å². The number of amides is 3. The summed E-state index contributed by atoms with van der Waals surface area (Å²) in [5.41, 5.74) is 12.3. The highest BCUT2D eigenvalue weighted by Gasteiger charge is 2.46. The summed E-state index contributed by atoms with van der Waals surface area (Å²) in [7, 11) is 0. The molecule has 3 heterocycles. The SMILES string of the molecule is Cc1ncsc1-c1ccc([C@H](CN)NC(=O)[C@@H]2C[C@@H](O)CN2C(=O)[C@@H](NC(=O)COCCOCCOCCOc2cc(F)c(C3C4=C(C[C@@H](C)N3CC(C)(C)F)c3ccccc3C4)c(F)c2)C(C)(C)C)cc1. The standard InChI is InChI=1S/C54H69F3N6O8S/c1-32-22-40-39-11-9-8-10-36(39)23-41(40)48(63(32)30-54(6,7)57)47-42(55)25-38(26-43(47)56)71-21-20-69-17-16-68-18-19-70-29-46(65)61-50(53(3,4)5)52(67)62-28-37(64)24-45(62)51(66)60-44(27-58)34-12-14-35(15-13-34)49-33(2)59-31-72-49/h8-15,25-26,31-32,37,44-45,48,50,64H,16-24,27-30,58H2,1-7H3,(H,60,66)(H,61,65)/t32-,37-,44+,45+,48?,50-/m1/s1. The first-order chi connectivity index (χ1) is 34.2. The molecule has 3 amide bonds. The Bertz CT molecular complexity index is 2540. The number of halogens is 3. The molecule has 1 unspecified atom stereocenters. The number of rotatable bonds is 22. The second-order valence-corrected chi connectivity index (χ2v) is 21.4. The molecular formula is C54H69F3N6O8S. The van der Waals surface area contributed by atoms with Gasteiger partial charge in [0.15, 0.2) is 0 Å². The van der Waals surface area contributed by atoms with Gasteiger partial charge in [-0.3, -0.25) is 19.3 Å². The van der Waals surface area contributed by atoms with Crippen molar-refractivity contribution in [3.05, 3.63) is 111 Å². The van der Waals surface area contributed by atoms with Crippen molar-refractivity contribution in [1.29, 1.82) is 0 Å². The van der Waals surface area contributed by atoms with Crippen LogP contribution in [0.3, 0.4) is 0 Å². The molecule has 7 rings (SSSR count). The van der Waals surface area contributed by atoms with E-state index in [0.717, 1.165) is 44.0 Å². The van der Waals surface area contributed by atoms with Gasteiger partial charge in [0, 0.05) is 49.8 Å². The molecule has 14 nitrogen and oxygen atoms in total. The Kier molecular flexibility index (Phi) is 18.0. The highest BCUT2D eigenvalue weighted by molar-refractivity contribution is 7.13. The van der Waals surface area contributed by atoms with Crippen molar-refractivity contribution in [2.24, 2.45) is 11.1 Å². The minimum atomic E-state index is -1.59. The minimum Gasteiger partial charge on any atom is -0.491 e. The number of nitrogens with two attached hydrogens (primary N) is 1. The Morgan fingerprint density at radius 3 is 2.21 bits per heavy atom. The van der Waals surface area contributed by atoms with Gasteiger partial charge < -0.3 is 45.3 Å². The predicted molar refractivity (Wildman–Crippen MR) is 270 cm³/mol. The van der Waals surface area contributed by atoms with Crippen molar-refractivity contribution in [2.45, 2.75) is 110 Å². The third-order valence-corrected chi connectivity index (χ3v) is 14.3. The van der Waals surface area contributed by atoms with Gasteiger partial charge >= 0.3 is 0 Å². The molecule has 4 aromatic rings. The molecule has 0 bridgehead atoms. The van der Waals surface area contributed by atoms with E-state index in [9.17, 15) is 19.5 Å². The fourth-order valence-corrected chi connectivity index (χ4v) is 10.7. The molecule has 390 valence electrons. The van der Waals surface area contributed by atoms with Gasteiger partial charge in [0.25, 0.3) is 0 Å². The quantitative estimate of drug-likeness (QED) is 0.0595. The first-order valence-electron chi connectivity index (χ1n) is 24.6. The third-order valence-electron chi connectivity index (χ3n) is 13.4. The van der Waals surface area contributed by atoms with Crippen LogP contribution < -0.4 is 21.1 Å². The molecule has 1 saturated heterocycles. The van der Waals surface area contributed by atoms with Crippen LogP contribution in [0.25, 0.3) is 16.0 Å². The molecule has 1 aromatic heterocycles. The molecule has 1 aliphatic carbocycles. The zero-order chi connectivity index (χ0) is 51.9. The highest BCUT2D eigenvalue weighted by Crippen LogP contribution is 2.50. The smallest absolute Gasteiger partial charge is 0.246 e. The number of β-amino-alcohol motifs (C(OH)–C–C–N with tert-alkyl or cyclic N) is 1. The van der Waals surface area contributed by atoms with Crippen LogP contribution in [-0.4, -0.2) is 133 Å². The lowest BCUT2D eigenvalue weighted by molar-refractivity contribution is -0.144. The van der Waals surface area contributed by atoms with Crippen LogP contribution in [0.15, 0.2) is 71.7 Å². The molecule has 18 heteroatoms. The van der Waals surface area contributed by atoms with Gasteiger partial charge in [0.2, 0.25) is 17.7 Å². The maximum atomic E-state index is 16.0. The van der Waals surface area contributed by atoms with Crippen molar-refractivity contribution >= 4 is 34.6 Å². The first-order valence-corrected chi connectivity index (χ1v) is 25.5. The summed E-state index contributed by atoms with van der Waals surface area (Å²) in [6, 6.07) is 14.5. The summed E-state index contributed by atoms with van der Waals surface area (Å²) >= 11 is 1.54. The average molecular weight is 1020 g/mol. The van der Waals surface area contributed by atoms with Crippen molar-refractivity contribution < 1.29 is 51.6 Å². The van der Waals surface area contributed by atoms with Crippen LogP contribution in [0.2, 0.25) is 0 Å². The summed E-state index contributed by atoms with van der Waals surface area (Å²) in [6.07, 6.45) is 0.292. The average Bonchev–Trinajstić information content (AvgIpc) is 4.05. The van der Waals surface area contributed by atoms with Gasteiger partial charge in [0.1, 0.15) is 48.4 Å². The second-order valence-electron chi connectivity index (χ2n) is 20.6. The number of nitrogens with zero attached hydrogens (tertiary/aromatic N) is 3. The van der Waals surface area contributed by atoms with Crippen LogP contribution in [0, 0.1) is 24.0 Å². The largest absolute Gasteiger partial charge is 0.491 e. The van der Waals surface area contributed by atoms with Gasteiger partial charge in [0.05, 0.1) is 67.3 Å². The number of hydrogen-bond acceptors (Lipinski definition) is 12. The molecule has 0 radical (unpaired) electrons. The molecular weight excluding hydrogens is 950 g/mol. The molecule has 72 heavy (non-hydrogen) atoms. The molecule has 6 atom stereocenters. The van der Waals surface area contributed by atoms with Crippen molar-refractivity contribution in [3.8, 4) is 16.2 Å². The summed E-state index contributed by atoms with van der Waals surface area (Å²) in [5, 5.41) is 16.4. The summed E-state index contributed by atoms with van der Waals surface area (Å²) in [5.74, 6) is -3.02. The number of ether oxygens (including phenoxy) is 4. The van der Waals surface area contributed by atoms with E-state index in [2.05, 4.69) is 15.6 Å². The number of aromatic nitrogens is 1. The number of hydrogen-bond donors (Lipinski definition) is 4. The van der Waals surface area contributed by atoms with Gasteiger partial charge in [-0.1, -0.05) is 69.3 Å². The van der Waals surface area contributed by atoms with Gasteiger partial charge in [-0.15, -0.1) is 11.3 Å². The summed E-state index contributed by atoms with van der Waals surface area (Å²) in [4.78, 5) is 49.5. The monoisotopic (exact) mass is 1020 g/mol. The number of carbonyl (C=O) groups is 3. The molecule has 1 fully saturated rings.